The predicted octanol–water partition coefficient (Wildman–Crippen LogP) is 5.80. The largest absolute Gasteiger partial charge is 0.135 e. The molecule has 1 aromatic heterocycles. The summed E-state index contributed by atoms with van der Waals surface area (Å²) in [5.74, 6) is 0. The van der Waals surface area contributed by atoms with Crippen molar-refractivity contribution in [3.05, 3.63) is 60.7 Å². The maximum Gasteiger partial charge on any atom is 0.0368 e. The fourth-order valence-electron chi connectivity index (χ4n) is 3.19. The van der Waals surface area contributed by atoms with Crippen LogP contribution < -0.4 is 0 Å². The van der Waals surface area contributed by atoms with Crippen LogP contribution in [-0.2, 0) is 0 Å². The lowest BCUT2D eigenvalue weighted by Crippen LogP contribution is -1.78. The summed E-state index contributed by atoms with van der Waals surface area (Å²) in [7, 11) is 0. The van der Waals surface area contributed by atoms with Crippen molar-refractivity contribution in [1.29, 1.82) is 0 Å². The fourth-order valence-corrected chi connectivity index (χ4v) is 4.40. The minimum atomic E-state index is 1.34. The van der Waals surface area contributed by atoms with Crippen molar-refractivity contribution in [2.75, 3.05) is 0 Å². The van der Waals surface area contributed by atoms with E-state index in [-0.39, 0.29) is 0 Å². The highest BCUT2D eigenvalue weighted by Crippen LogP contribution is 2.43. The van der Waals surface area contributed by atoms with E-state index in [2.05, 4.69) is 60.7 Å². The number of benzene rings is 4. The third kappa shape index (κ3) is 1.14. The Bertz CT molecular complexity index is 1050. The maximum absolute atomic E-state index is 2.34. The van der Waals surface area contributed by atoms with Crippen molar-refractivity contribution < 1.29 is 0 Å². The molecule has 0 aliphatic heterocycles. The summed E-state index contributed by atoms with van der Waals surface area (Å²) in [5, 5.41) is 8.32. The molecule has 0 fully saturated rings. The molecule has 0 spiro atoms. The average molecular weight is 258 g/mol. The number of hydrogen-bond acceptors (Lipinski definition) is 1. The Balaban J connectivity index is 2.25. The fraction of sp³-hybridized carbons (Fsp3) is 0. The van der Waals surface area contributed by atoms with Gasteiger partial charge in [0.05, 0.1) is 0 Å². The van der Waals surface area contributed by atoms with Crippen LogP contribution in [0.25, 0.3) is 41.7 Å². The van der Waals surface area contributed by atoms with E-state index < -0.39 is 0 Å². The molecule has 0 saturated carbocycles. The van der Waals surface area contributed by atoms with E-state index in [1.807, 2.05) is 11.3 Å². The van der Waals surface area contributed by atoms with Gasteiger partial charge in [0.2, 0.25) is 0 Å². The van der Waals surface area contributed by atoms with Crippen LogP contribution in [0.15, 0.2) is 60.7 Å². The minimum Gasteiger partial charge on any atom is -0.135 e. The molecule has 88 valence electrons. The molecule has 0 radical (unpaired) electrons. The molecule has 0 nitrogen and oxygen atoms in total. The SMILES string of the molecule is c1ccc2c(c1)cc1sc3cccc4ccc2c1c43. The molecule has 0 aliphatic rings. The first kappa shape index (κ1) is 9.76. The van der Waals surface area contributed by atoms with Crippen molar-refractivity contribution in [3.8, 4) is 0 Å². The van der Waals surface area contributed by atoms with Crippen LogP contribution in [-0.4, -0.2) is 0 Å². The first-order valence-corrected chi connectivity index (χ1v) is 7.28. The second-order valence-electron chi connectivity index (χ2n) is 5.04. The van der Waals surface area contributed by atoms with Crippen molar-refractivity contribution in [3.63, 3.8) is 0 Å². The van der Waals surface area contributed by atoms with E-state index in [4.69, 9.17) is 0 Å². The molecule has 0 atom stereocenters. The van der Waals surface area contributed by atoms with Crippen LogP contribution in [0.3, 0.4) is 0 Å². The Morgan fingerprint density at radius 3 is 2.47 bits per heavy atom. The van der Waals surface area contributed by atoms with Crippen LogP contribution >= 0.6 is 11.3 Å². The van der Waals surface area contributed by atoms with Gasteiger partial charge < -0.3 is 0 Å². The predicted molar refractivity (Wildman–Crippen MR) is 85.5 cm³/mol. The van der Waals surface area contributed by atoms with Gasteiger partial charge in [-0.05, 0) is 33.7 Å². The highest BCUT2D eigenvalue weighted by molar-refractivity contribution is 7.26. The zero-order valence-corrected chi connectivity index (χ0v) is 11.0. The first-order chi connectivity index (χ1) is 9.42. The lowest BCUT2D eigenvalue weighted by molar-refractivity contribution is 1.82. The van der Waals surface area contributed by atoms with Crippen LogP contribution in [0.2, 0.25) is 0 Å². The van der Waals surface area contributed by atoms with Crippen LogP contribution in [0.4, 0.5) is 0 Å². The molecule has 0 saturated heterocycles. The first-order valence-electron chi connectivity index (χ1n) is 6.47. The average Bonchev–Trinajstić information content (AvgIpc) is 2.83. The molecular weight excluding hydrogens is 248 g/mol. The summed E-state index contributed by atoms with van der Waals surface area (Å²) in [6, 6.07) is 22.1. The molecule has 0 amide bonds. The number of thiophene rings is 1. The molecule has 4 aromatic carbocycles. The Morgan fingerprint density at radius 2 is 1.47 bits per heavy atom. The van der Waals surface area contributed by atoms with Gasteiger partial charge in [0, 0.05) is 20.2 Å². The van der Waals surface area contributed by atoms with E-state index in [9.17, 15) is 0 Å². The van der Waals surface area contributed by atoms with E-state index in [0.717, 1.165) is 0 Å². The van der Waals surface area contributed by atoms with Gasteiger partial charge in [0.25, 0.3) is 0 Å². The molecule has 5 aromatic rings. The second-order valence-corrected chi connectivity index (χ2v) is 6.12. The molecule has 0 unspecified atom stereocenters. The maximum atomic E-state index is 2.34. The summed E-state index contributed by atoms with van der Waals surface area (Å²) in [6.45, 7) is 0. The summed E-state index contributed by atoms with van der Waals surface area (Å²) in [6.07, 6.45) is 0. The quantitative estimate of drug-likeness (QED) is 0.308. The molecule has 1 heteroatoms. The van der Waals surface area contributed by atoms with Crippen molar-refractivity contribution in [1.82, 2.24) is 0 Å². The van der Waals surface area contributed by atoms with Gasteiger partial charge in [0.15, 0.2) is 0 Å². The smallest absolute Gasteiger partial charge is 0.0368 e. The monoisotopic (exact) mass is 258 g/mol. The van der Waals surface area contributed by atoms with E-state index in [0.29, 0.717) is 0 Å². The van der Waals surface area contributed by atoms with Crippen LogP contribution in [0.1, 0.15) is 0 Å². The number of fused-ring (bicyclic) bond motifs is 2. The Labute approximate surface area is 114 Å². The second kappa shape index (κ2) is 3.25. The normalized spacial score (nSPS) is 12.2. The summed E-state index contributed by atoms with van der Waals surface area (Å²) >= 11 is 1.90. The molecule has 0 aliphatic carbocycles. The number of hydrogen-bond donors (Lipinski definition) is 0. The molecule has 19 heavy (non-hydrogen) atoms. The molecule has 0 bridgehead atoms. The van der Waals surface area contributed by atoms with Crippen LogP contribution in [0.5, 0.6) is 0 Å². The zero-order chi connectivity index (χ0) is 12.4. The van der Waals surface area contributed by atoms with Gasteiger partial charge in [-0.2, -0.15) is 0 Å². The van der Waals surface area contributed by atoms with E-state index >= 15 is 0 Å². The Kier molecular flexibility index (Phi) is 1.67. The highest BCUT2D eigenvalue weighted by atomic mass is 32.1. The van der Waals surface area contributed by atoms with Gasteiger partial charge in [-0.15, -0.1) is 11.3 Å². The lowest BCUT2D eigenvalue weighted by Gasteiger charge is -2.05. The van der Waals surface area contributed by atoms with Gasteiger partial charge in [-0.25, -0.2) is 0 Å². The molecule has 1 heterocycles. The molecule has 0 N–H and O–H groups in total. The Hall–Kier alpha value is -2.12. The van der Waals surface area contributed by atoms with Crippen molar-refractivity contribution >= 4 is 53.1 Å². The summed E-state index contributed by atoms with van der Waals surface area (Å²) < 4.78 is 2.80. The van der Waals surface area contributed by atoms with Gasteiger partial charge in [-0.3, -0.25) is 0 Å². The van der Waals surface area contributed by atoms with E-state index in [1.54, 1.807) is 0 Å². The Morgan fingerprint density at radius 1 is 0.579 bits per heavy atom. The summed E-state index contributed by atoms with van der Waals surface area (Å²) in [5.41, 5.74) is 0. The standard InChI is InChI=1S/C18H10S/c1-2-6-13-12(4-1)10-16-18-14(13)9-8-11-5-3-7-15(19-16)17(11)18/h1-10H. The van der Waals surface area contributed by atoms with Crippen molar-refractivity contribution in [2.24, 2.45) is 0 Å². The van der Waals surface area contributed by atoms with Gasteiger partial charge in [0.1, 0.15) is 0 Å². The van der Waals surface area contributed by atoms with Crippen LogP contribution in [0, 0.1) is 0 Å². The minimum absolute atomic E-state index is 1.34. The number of rotatable bonds is 0. The third-order valence-electron chi connectivity index (χ3n) is 4.01. The van der Waals surface area contributed by atoms with Gasteiger partial charge >= 0.3 is 0 Å². The van der Waals surface area contributed by atoms with Crippen molar-refractivity contribution in [2.45, 2.75) is 0 Å². The van der Waals surface area contributed by atoms with E-state index in [1.165, 1.54) is 41.7 Å². The lowest BCUT2D eigenvalue weighted by atomic mass is 9.97. The highest BCUT2D eigenvalue weighted by Gasteiger charge is 2.12. The third-order valence-corrected chi connectivity index (χ3v) is 5.11. The molecular formula is C18H10S. The zero-order valence-electron chi connectivity index (χ0n) is 10.2. The summed E-state index contributed by atoms with van der Waals surface area (Å²) in [4.78, 5) is 0. The molecule has 5 rings (SSSR count). The van der Waals surface area contributed by atoms with Gasteiger partial charge in [-0.1, -0.05) is 48.5 Å². The topological polar surface area (TPSA) is 0 Å².